The number of nitrogens with one attached hydrogen (secondary N) is 1. The molecule has 0 heterocycles. The first-order valence-electron chi connectivity index (χ1n) is 7.03. The number of rotatable bonds is 5. The molecular weight excluding hydrogens is 212 g/mol. The molecule has 1 amide bonds. The first-order valence-corrected chi connectivity index (χ1v) is 7.03. The van der Waals surface area contributed by atoms with E-state index in [9.17, 15) is 4.79 Å². The van der Waals surface area contributed by atoms with Gasteiger partial charge in [-0.25, -0.2) is 0 Å². The molecular formula is C14H28N2O. The van der Waals surface area contributed by atoms with E-state index >= 15 is 0 Å². The highest BCUT2D eigenvalue weighted by molar-refractivity contribution is 5.79. The summed E-state index contributed by atoms with van der Waals surface area (Å²) in [5, 5.41) is 3.12. The lowest BCUT2D eigenvalue weighted by Gasteiger charge is -2.27. The summed E-state index contributed by atoms with van der Waals surface area (Å²) >= 11 is 0. The maximum atomic E-state index is 12.1. The molecule has 3 nitrogen and oxygen atoms in total. The van der Waals surface area contributed by atoms with Crippen LogP contribution in [0.2, 0.25) is 0 Å². The second kappa shape index (κ2) is 7.00. The average Bonchev–Trinajstić information content (AvgIpc) is 2.28. The predicted octanol–water partition coefficient (Wildman–Crippen LogP) is 2.30. The Kier molecular flexibility index (Phi) is 5.96. The Hall–Kier alpha value is -0.570. The fourth-order valence-electron chi connectivity index (χ4n) is 2.62. The van der Waals surface area contributed by atoms with Crippen LogP contribution in [0.4, 0.5) is 0 Å². The Morgan fingerprint density at radius 1 is 1.29 bits per heavy atom. The number of carbonyl (C=O) groups is 1. The highest BCUT2D eigenvalue weighted by Gasteiger charge is 2.25. The summed E-state index contributed by atoms with van der Waals surface area (Å²) in [5.41, 5.74) is 5.71. The van der Waals surface area contributed by atoms with Gasteiger partial charge >= 0.3 is 0 Å². The van der Waals surface area contributed by atoms with Crippen molar-refractivity contribution in [2.24, 2.45) is 23.5 Å². The molecule has 0 bridgehead atoms. The van der Waals surface area contributed by atoms with Gasteiger partial charge in [0.25, 0.3) is 0 Å². The van der Waals surface area contributed by atoms with Crippen LogP contribution < -0.4 is 11.1 Å². The van der Waals surface area contributed by atoms with Crippen LogP contribution in [0, 0.1) is 17.8 Å². The first kappa shape index (κ1) is 14.5. The van der Waals surface area contributed by atoms with Crippen molar-refractivity contribution in [2.75, 3.05) is 6.54 Å². The lowest BCUT2D eigenvalue weighted by atomic mass is 9.82. The van der Waals surface area contributed by atoms with E-state index in [1.54, 1.807) is 0 Å². The molecule has 17 heavy (non-hydrogen) atoms. The van der Waals surface area contributed by atoms with Gasteiger partial charge in [0.1, 0.15) is 0 Å². The summed E-state index contributed by atoms with van der Waals surface area (Å²) in [7, 11) is 0. The van der Waals surface area contributed by atoms with Crippen molar-refractivity contribution in [2.45, 2.75) is 58.9 Å². The molecule has 1 rings (SSSR count). The third-order valence-electron chi connectivity index (χ3n) is 3.77. The zero-order valence-electron chi connectivity index (χ0n) is 11.5. The summed E-state index contributed by atoms with van der Waals surface area (Å²) in [5.74, 6) is 1.83. The molecule has 1 saturated carbocycles. The van der Waals surface area contributed by atoms with Gasteiger partial charge in [-0.1, -0.05) is 20.8 Å². The summed E-state index contributed by atoms with van der Waals surface area (Å²) < 4.78 is 0. The predicted molar refractivity (Wildman–Crippen MR) is 71.6 cm³/mol. The van der Waals surface area contributed by atoms with Crippen molar-refractivity contribution in [1.29, 1.82) is 0 Å². The molecule has 0 spiro atoms. The molecule has 0 aromatic carbocycles. The average molecular weight is 240 g/mol. The van der Waals surface area contributed by atoms with Crippen LogP contribution in [0.3, 0.4) is 0 Å². The van der Waals surface area contributed by atoms with E-state index < -0.39 is 0 Å². The Balaban J connectivity index is 2.36. The zero-order chi connectivity index (χ0) is 12.8. The van der Waals surface area contributed by atoms with Gasteiger partial charge in [-0.3, -0.25) is 4.79 Å². The van der Waals surface area contributed by atoms with Crippen LogP contribution >= 0.6 is 0 Å². The van der Waals surface area contributed by atoms with Crippen LogP contribution in [0.25, 0.3) is 0 Å². The van der Waals surface area contributed by atoms with Crippen molar-refractivity contribution in [1.82, 2.24) is 5.32 Å². The molecule has 1 unspecified atom stereocenters. The topological polar surface area (TPSA) is 55.1 Å². The highest BCUT2D eigenvalue weighted by atomic mass is 16.1. The number of hydrogen-bond donors (Lipinski definition) is 2. The number of amides is 1. The first-order chi connectivity index (χ1) is 8.02. The van der Waals surface area contributed by atoms with E-state index in [1.165, 1.54) is 12.8 Å². The lowest BCUT2D eigenvalue weighted by Crippen LogP contribution is -2.44. The highest BCUT2D eigenvalue weighted by Crippen LogP contribution is 2.28. The van der Waals surface area contributed by atoms with Crippen molar-refractivity contribution < 1.29 is 4.79 Å². The molecule has 100 valence electrons. The van der Waals surface area contributed by atoms with Gasteiger partial charge in [-0.2, -0.15) is 0 Å². The van der Waals surface area contributed by atoms with Gasteiger partial charge in [0.2, 0.25) is 5.91 Å². The van der Waals surface area contributed by atoms with Gasteiger partial charge in [-0.05, 0) is 43.9 Å². The molecule has 1 aliphatic rings. The molecule has 0 aromatic heterocycles. The fourth-order valence-corrected chi connectivity index (χ4v) is 2.62. The molecule has 3 heteroatoms. The van der Waals surface area contributed by atoms with Crippen LogP contribution in [-0.2, 0) is 4.79 Å². The fraction of sp³-hybridized carbons (Fsp3) is 0.929. The van der Waals surface area contributed by atoms with Crippen LogP contribution in [0.15, 0.2) is 0 Å². The Morgan fingerprint density at radius 3 is 2.35 bits per heavy atom. The van der Waals surface area contributed by atoms with Gasteiger partial charge in [0.15, 0.2) is 0 Å². The molecule has 1 aliphatic carbocycles. The smallest absolute Gasteiger partial charge is 0.223 e. The molecule has 1 atom stereocenters. The molecule has 0 radical (unpaired) electrons. The van der Waals surface area contributed by atoms with E-state index in [0.29, 0.717) is 12.5 Å². The monoisotopic (exact) mass is 240 g/mol. The summed E-state index contributed by atoms with van der Waals surface area (Å²) in [6.07, 6.45) is 5.45. The van der Waals surface area contributed by atoms with Crippen LogP contribution in [0.5, 0.6) is 0 Å². The number of hydrogen-bond acceptors (Lipinski definition) is 2. The summed E-state index contributed by atoms with van der Waals surface area (Å²) in [4.78, 5) is 12.1. The zero-order valence-corrected chi connectivity index (χ0v) is 11.5. The van der Waals surface area contributed by atoms with E-state index in [0.717, 1.165) is 25.2 Å². The molecule has 3 N–H and O–H groups in total. The lowest BCUT2D eigenvalue weighted by molar-refractivity contribution is -0.126. The quantitative estimate of drug-likeness (QED) is 0.774. The minimum absolute atomic E-state index is 0.154. The maximum absolute atomic E-state index is 12.1. The summed E-state index contributed by atoms with van der Waals surface area (Å²) in [6, 6.07) is 0.154. The SMILES string of the molecule is CC(C)CC(CN)NC(=O)C1CCC(C)CC1. The minimum atomic E-state index is 0.154. The second-order valence-corrected chi connectivity index (χ2v) is 6.03. The largest absolute Gasteiger partial charge is 0.352 e. The molecule has 1 fully saturated rings. The van der Waals surface area contributed by atoms with Crippen LogP contribution in [0.1, 0.15) is 52.9 Å². The molecule has 0 aromatic rings. The van der Waals surface area contributed by atoms with Gasteiger partial charge < -0.3 is 11.1 Å². The Bertz CT molecular complexity index is 232. The molecule has 0 saturated heterocycles. The van der Waals surface area contributed by atoms with Crippen molar-refractivity contribution >= 4 is 5.91 Å². The van der Waals surface area contributed by atoms with Gasteiger partial charge in [0.05, 0.1) is 0 Å². The van der Waals surface area contributed by atoms with E-state index in [2.05, 4.69) is 26.1 Å². The van der Waals surface area contributed by atoms with Crippen LogP contribution in [-0.4, -0.2) is 18.5 Å². The molecule has 0 aliphatic heterocycles. The maximum Gasteiger partial charge on any atom is 0.223 e. The van der Waals surface area contributed by atoms with E-state index in [-0.39, 0.29) is 17.9 Å². The van der Waals surface area contributed by atoms with Gasteiger partial charge in [-0.15, -0.1) is 0 Å². The third kappa shape index (κ3) is 5.07. The second-order valence-electron chi connectivity index (χ2n) is 6.03. The normalized spacial score (nSPS) is 26.9. The number of nitrogens with two attached hydrogens (primary N) is 1. The van der Waals surface area contributed by atoms with E-state index in [4.69, 9.17) is 5.73 Å². The number of carbonyl (C=O) groups excluding carboxylic acids is 1. The standard InChI is InChI=1S/C14H28N2O/c1-10(2)8-13(9-15)16-14(17)12-6-4-11(3)5-7-12/h10-13H,4-9,15H2,1-3H3,(H,16,17). The van der Waals surface area contributed by atoms with Crippen molar-refractivity contribution in [3.8, 4) is 0 Å². The van der Waals surface area contributed by atoms with Crippen molar-refractivity contribution in [3.63, 3.8) is 0 Å². The minimum Gasteiger partial charge on any atom is -0.352 e. The Labute approximate surface area is 106 Å². The van der Waals surface area contributed by atoms with Gasteiger partial charge in [0, 0.05) is 18.5 Å². The third-order valence-corrected chi connectivity index (χ3v) is 3.77. The Morgan fingerprint density at radius 2 is 1.88 bits per heavy atom. The summed E-state index contributed by atoms with van der Waals surface area (Å²) in [6.45, 7) is 7.15. The van der Waals surface area contributed by atoms with E-state index in [1.807, 2.05) is 0 Å². The van der Waals surface area contributed by atoms with Crippen molar-refractivity contribution in [3.05, 3.63) is 0 Å².